The van der Waals surface area contributed by atoms with Crippen molar-refractivity contribution >= 4 is 23.2 Å². The van der Waals surface area contributed by atoms with Crippen LogP contribution in [0.25, 0.3) is 11.0 Å². The third kappa shape index (κ3) is 4.53. The molecule has 1 amide bonds. The van der Waals surface area contributed by atoms with E-state index in [0.29, 0.717) is 33.8 Å². The maximum absolute atomic E-state index is 12.1. The number of fused-ring (bicyclic) bond motifs is 1. The van der Waals surface area contributed by atoms with Crippen molar-refractivity contribution in [3.05, 3.63) is 64.1 Å². The number of H-pyrrole nitrogens is 1. The maximum atomic E-state index is 12.1. The number of nitrogens with one attached hydrogen (secondary N) is 2. The van der Waals surface area contributed by atoms with Crippen LogP contribution in [0.2, 0.25) is 0 Å². The summed E-state index contributed by atoms with van der Waals surface area (Å²) in [4.78, 5) is 31.2. The molecule has 2 N–H and O–H groups in total. The first-order valence-electron chi connectivity index (χ1n) is 8.62. The van der Waals surface area contributed by atoms with E-state index >= 15 is 0 Å². The lowest BCUT2D eigenvalue weighted by Crippen LogP contribution is -2.21. The van der Waals surface area contributed by atoms with Gasteiger partial charge in [0.05, 0.1) is 31.5 Å². The van der Waals surface area contributed by atoms with Gasteiger partial charge in [0.1, 0.15) is 17.2 Å². The first-order chi connectivity index (χ1) is 13.6. The Morgan fingerprint density at radius 1 is 1.21 bits per heavy atom. The van der Waals surface area contributed by atoms with Gasteiger partial charge >= 0.3 is 0 Å². The number of benzene rings is 2. The molecule has 0 bridgehead atoms. The second-order valence-electron chi connectivity index (χ2n) is 5.93. The van der Waals surface area contributed by atoms with Crippen molar-refractivity contribution in [3.63, 3.8) is 0 Å². The molecule has 3 rings (SSSR count). The number of aryl methyl sites for hydroxylation is 1. The molecule has 3 aromatic rings. The number of aromatic nitrogens is 2. The molecule has 0 unspecified atom stereocenters. The molecule has 2 aromatic carbocycles. The van der Waals surface area contributed by atoms with Crippen molar-refractivity contribution in [1.82, 2.24) is 15.4 Å². The summed E-state index contributed by atoms with van der Waals surface area (Å²) in [5.41, 5.74) is 4.47. The van der Waals surface area contributed by atoms with Crippen molar-refractivity contribution in [2.75, 3.05) is 14.2 Å². The zero-order valence-electron chi connectivity index (χ0n) is 15.6. The lowest BCUT2D eigenvalue weighted by Gasteiger charge is -2.06. The first kappa shape index (κ1) is 19.1. The molecular weight excluding hydrogens is 360 g/mol. The molecule has 0 radical (unpaired) electrons. The van der Waals surface area contributed by atoms with E-state index in [0.717, 1.165) is 0 Å². The van der Waals surface area contributed by atoms with Gasteiger partial charge in [-0.1, -0.05) is 12.1 Å². The van der Waals surface area contributed by atoms with Gasteiger partial charge in [-0.3, -0.25) is 9.59 Å². The van der Waals surface area contributed by atoms with E-state index in [-0.39, 0.29) is 24.3 Å². The molecule has 28 heavy (non-hydrogen) atoms. The third-order valence-electron chi connectivity index (χ3n) is 4.09. The van der Waals surface area contributed by atoms with Crippen LogP contribution in [0.5, 0.6) is 11.5 Å². The molecule has 0 fully saturated rings. The Labute approximate surface area is 161 Å². The Hall–Kier alpha value is -3.68. The fraction of sp³-hybridized carbons (Fsp3) is 0.200. The molecule has 8 heteroatoms. The quantitative estimate of drug-likeness (QED) is 0.482. The number of ether oxygens (including phenoxy) is 2. The largest absolute Gasteiger partial charge is 0.497 e. The standard InChI is InChI=1S/C20H20N4O4/c1-27-14-7-9-18(28-2)13(11-14)12-21-24-19(25)10-8-17-20(26)23-16-6-4-3-5-15(16)22-17/h3-7,9,11-12H,8,10H2,1-2H3,(H,23,26)(H,24,25)/b21-12-. The SMILES string of the molecule is COc1ccc(OC)c(/C=N\NC(=O)CCc2nc3ccccc3[nH]c2=O)c1. The molecule has 0 aliphatic carbocycles. The number of methoxy groups -OCH3 is 2. The van der Waals surface area contributed by atoms with E-state index < -0.39 is 0 Å². The minimum atomic E-state index is -0.326. The number of nitrogens with zero attached hydrogens (tertiary/aromatic N) is 2. The van der Waals surface area contributed by atoms with Gasteiger partial charge < -0.3 is 14.5 Å². The van der Waals surface area contributed by atoms with Crippen molar-refractivity contribution in [1.29, 1.82) is 0 Å². The van der Waals surface area contributed by atoms with Crippen LogP contribution in [-0.4, -0.2) is 36.3 Å². The number of carbonyl (C=O) groups is 1. The molecule has 144 valence electrons. The highest BCUT2D eigenvalue weighted by atomic mass is 16.5. The number of para-hydroxylation sites is 2. The van der Waals surface area contributed by atoms with Crippen molar-refractivity contribution in [3.8, 4) is 11.5 Å². The van der Waals surface area contributed by atoms with Crippen LogP contribution >= 0.6 is 0 Å². The first-order valence-corrected chi connectivity index (χ1v) is 8.62. The lowest BCUT2D eigenvalue weighted by atomic mass is 10.2. The predicted molar refractivity (Wildman–Crippen MR) is 106 cm³/mol. The number of hydrazone groups is 1. The summed E-state index contributed by atoms with van der Waals surface area (Å²) in [5.74, 6) is 0.924. The van der Waals surface area contributed by atoms with Gasteiger partial charge in [0, 0.05) is 18.4 Å². The van der Waals surface area contributed by atoms with Gasteiger partial charge in [0.25, 0.3) is 5.56 Å². The molecule has 0 spiro atoms. The average molecular weight is 380 g/mol. The van der Waals surface area contributed by atoms with E-state index in [2.05, 4.69) is 20.5 Å². The highest BCUT2D eigenvalue weighted by molar-refractivity contribution is 5.86. The normalized spacial score (nSPS) is 10.9. The van der Waals surface area contributed by atoms with Crippen LogP contribution in [0.15, 0.2) is 52.4 Å². The minimum absolute atomic E-state index is 0.0843. The smallest absolute Gasteiger partial charge is 0.270 e. The third-order valence-corrected chi connectivity index (χ3v) is 4.09. The Kier molecular flexibility index (Phi) is 6.01. The Morgan fingerprint density at radius 3 is 2.82 bits per heavy atom. The van der Waals surface area contributed by atoms with Crippen LogP contribution < -0.4 is 20.5 Å². The van der Waals surface area contributed by atoms with E-state index in [9.17, 15) is 9.59 Å². The van der Waals surface area contributed by atoms with Crippen LogP contribution in [0, 0.1) is 0 Å². The maximum Gasteiger partial charge on any atom is 0.270 e. The second kappa shape index (κ2) is 8.81. The van der Waals surface area contributed by atoms with Gasteiger partial charge in [0.15, 0.2) is 0 Å². The number of amides is 1. The lowest BCUT2D eigenvalue weighted by molar-refractivity contribution is -0.121. The number of carbonyl (C=O) groups excluding carboxylic acids is 1. The Bertz CT molecular complexity index is 1080. The number of hydrogen-bond acceptors (Lipinski definition) is 6. The molecule has 1 heterocycles. The van der Waals surface area contributed by atoms with Crippen LogP contribution in [0.3, 0.4) is 0 Å². The van der Waals surface area contributed by atoms with Gasteiger partial charge in [-0.2, -0.15) is 5.10 Å². The summed E-state index contributed by atoms with van der Waals surface area (Å²) in [6, 6.07) is 12.5. The summed E-state index contributed by atoms with van der Waals surface area (Å²) in [5, 5.41) is 3.94. The number of aromatic amines is 1. The number of hydrogen-bond donors (Lipinski definition) is 2. The van der Waals surface area contributed by atoms with E-state index in [4.69, 9.17) is 9.47 Å². The summed E-state index contributed by atoms with van der Waals surface area (Å²) < 4.78 is 10.4. The summed E-state index contributed by atoms with van der Waals surface area (Å²) in [6.07, 6.45) is 1.77. The van der Waals surface area contributed by atoms with E-state index in [1.54, 1.807) is 44.6 Å². The fourth-order valence-corrected chi connectivity index (χ4v) is 2.64. The van der Waals surface area contributed by atoms with Gasteiger partial charge in [-0.05, 0) is 30.3 Å². The molecule has 1 aromatic heterocycles. The van der Waals surface area contributed by atoms with Crippen LogP contribution in [0.1, 0.15) is 17.7 Å². The minimum Gasteiger partial charge on any atom is -0.497 e. The molecule has 0 saturated carbocycles. The molecule has 0 saturated heterocycles. The predicted octanol–water partition coefficient (Wildman–Crippen LogP) is 2.02. The van der Waals surface area contributed by atoms with Crippen LogP contribution in [-0.2, 0) is 11.2 Å². The summed E-state index contributed by atoms with van der Waals surface area (Å²) in [6.45, 7) is 0. The van der Waals surface area contributed by atoms with E-state index in [1.165, 1.54) is 6.21 Å². The molecule has 0 aliphatic rings. The highest BCUT2D eigenvalue weighted by Crippen LogP contribution is 2.22. The van der Waals surface area contributed by atoms with Gasteiger partial charge in [-0.25, -0.2) is 10.4 Å². The molecular formula is C20H20N4O4. The number of rotatable bonds is 7. The molecule has 8 nitrogen and oxygen atoms in total. The van der Waals surface area contributed by atoms with Gasteiger partial charge in [-0.15, -0.1) is 0 Å². The molecule has 0 aliphatic heterocycles. The molecule has 0 atom stereocenters. The average Bonchev–Trinajstić information content (AvgIpc) is 2.72. The fourth-order valence-electron chi connectivity index (χ4n) is 2.64. The van der Waals surface area contributed by atoms with Crippen molar-refractivity contribution < 1.29 is 14.3 Å². The van der Waals surface area contributed by atoms with Crippen molar-refractivity contribution in [2.45, 2.75) is 12.8 Å². The van der Waals surface area contributed by atoms with E-state index in [1.807, 2.05) is 12.1 Å². The zero-order valence-corrected chi connectivity index (χ0v) is 15.6. The summed E-state index contributed by atoms with van der Waals surface area (Å²) >= 11 is 0. The topological polar surface area (TPSA) is 106 Å². The van der Waals surface area contributed by atoms with Crippen molar-refractivity contribution in [2.24, 2.45) is 5.10 Å². The monoisotopic (exact) mass is 380 g/mol. The second-order valence-corrected chi connectivity index (χ2v) is 5.93. The van der Waals surface area contributed by atoms with Gasteiger partial charge in [0.2, 0.25) is 5.91 Å². The Balaban J connectivity index is 1.61. The summed E-state index contributed by atoms with van der Waals surface area (Å²) in [7, 11) is 3.11. The zero-order chi connectivity index (χ0) is 19.9. The Morgan fingerprint density at radius 2 is 2.04 bits per heavy atom. The van der Waals surface area contributed by atoms with Crippen LogP contribution in [0.4, 0.5) is 0 Å². The highest BCUT2D eigenvalue weighted by Gasteiger charge is 2.08.